The SMILES string of the molecule is CSCc1cc(C(=O)N[C@@H]2C=C[C@H](CO)C2)ccc1F. The van der Waals surface area contributed by atoms with E-state index < -0.39 is 0 Å². The molecule has 0 fully saturated rings. The highest BCUT2D eigenvalue weighted by Gasteiger charge is 2.20. The van der Waals surface area contributed by atoms with E-state index in [2.05, 4.69) is 5.32 Å². The first-order valence-corrected chi connectivity index (χ1v) is 7.91. The van der Waals surface area contributed by atoms with Crippen LogP contribution in [0.4, 0.5) is 4.39 Å². The van der Waals surface area contributed by atoms with Crippen molar-refractivity contribution >= 4 is 17.7 Å². The number of amides is 1. The van der Waals surface area contributed by atoms with Gasteiger partial charge < -0.3 is 10.4 Å². The lowest BCUT2D eigenvalue weighted by atomic mass is 10.1. The molecule has 2 atom stereocenters. The van der Waals surface area contributed by atoms with Gasteiger partial charge >= 0.3 is 0 Å². The van der Waals surface area contributed by atoms with E-state index in [1.54, 1.807) is 6.07 Å². The van der Waals surface area contributed by atoms with Crippen LogP contribution in [-0.2, 0) is 5.75 Å². The number of carbonyl (C=O) groups is 1. The van der Waals surface area contributed by atoms with Gasteiger partial charge in [0.2, 0.25) is 0 Å². The third-order valence-electron chi connectivity index (χ3n) is 3.33. The molecule has 0 spiro atoms. The Kier molecular flexibility index (Phi) is 5.20. The highest BCUT2D eigenvalue weighted by Crippen LogP contribution is 2.19. The third-order valence-corrected chi connectivity index (χ3v) is 3.93. The summed E-state index contributed by atoms with van der Waals surface area (Å²) < 4.78 is 13.5. The van der Waals surface area contributed by atoms with E-state index in [1.807, 2.05) is 18.4 Å². The molecule has 0 heterocycles. The Bertz CT molecular complexity index is 519. The van der Waals surface area contributed by atoms with E-state index >= 15 is 0 Å². The number of aliphatic hydroxyl groups excluding tert-OH is 1. The van der Waals surface area contributed by atoms with Crippen molar-refractivity contribution < 1.29 is 14.3 Å². The summed E-state index contributed by atoms with van der Waals surface area (Å²) in [6, 6.07) is 4.37. The molecule has 2 N–H and O–H groups in total. The molecule has 2 rings (SSSR count). The maximum atomic E-state index is 13.5. The van der Waals surface area contributed by atoms with Gasteiger partial charge in [0.1, 0.15) is 5.82 Å². The van der Waals surface area contributed by atoms with Crippen LogP contribution in [0.5, 0.6) is 0 Å². The molecule has 1 aliphatic carbocycles. The second kappa shape index (κ2) is 6.90. The molecule has 0 radical (unpaired) electrons. The number of thioether (sulfide) groups is 1. The van der Waals surface area contributed by atoms with Gasteiger partial charge in [0, 0.05) is 29.9 Å². The first-order valence-electron chi connectivity index (χ1n) is 6.51. The molecule has 0 saturated carbocycles. The predicted octanol–water partition coefficient (Wildman–Crippen LogP) is 2.36. The topological polar surface area (TPSA) is 49.3 Å². The number of carbonyl (C=O) groups excluding carboxylic acids is 1. The minimum atomic E-state index is -0.281. The highest BCUT2D eigenvalue weighted by atomic mass is 32.2. The molecule has 108 valence electrons. The average molecular weight is 295 g/mol. The number of rotatable bonds is 5. The smallest absolute Gasteiger partial charge is 0.251 e. The first-order chi connectivity index (χ1) is 9.63. The molecule has 0 aliphatic heterocycles. The van der Waals surface area contributed by atoms with E-state index in [9.17, 15) is 9.18 Å². The lowest BCUT2D eigenvalue weighted by Gasteiger charge is -2.13. The van der Waals surface area contributed by atoms with Crippen molar-refractivity contribution in [2.24, 2.45) is 5.92 Å². The summed E-state index contributed by atoms with van der Waals surface area (Å²) >= 11 is 1.51. The standard InChI is InChI=1S/C15H18FNO2S/c1-20-9-12-7-11(3-5-14(12)16)15(19)17-13-4-2-10(6-13)8-18/h2-5,7,10,13,18H,6,8-9H2,1H3,(H,17,19)/t10-,13+/m0/s1. The molecule has 0 aromatic heterocycles. The molecule has 0 bridgehead atoms. The molecule has 1 aromatic rings. The average Bonchev–Trinajstić information content (AvgIpc) is 2.89. The Hall–Kier alpha value is -1.33. The van der Waals surface area contributed by atoms with Crippen LogP contribution in [0, 0.1) is 11.7 Å². The zero-order valence-electron chi connectivity index (χ0n) is 11.3. The summed E-state index contributed by atoms with van der Waals surface area (Å²) in [5.74, 6) is 0.168. The maximum Gasteiger partial charge on any atom is 0.251 e. The van der Waals surface area contributed by atoms with E-state index in [0.29, 0.717) is 23.3 Å². The molecule has 0 unspecified atom stereocenters. The van der Waals surface area contributed by atoms with Crippen molar-refractivity contribution in [3.63, 3.8) is 0 Å². The summed E-state index contributed by atoms with van der Waals surface area (Å²) in [4.78, 5) is 12.1. The summed E-state index contributed by atoms with van der Waals surface area (Å²) in [7, 11) is 0. The lowest BCUT2D eigenvalue weighted by molar-refractivity contribution is 0.0941. The van der Waals surface area contributed by atoms with Gasteiger partial charge in [-0.1, -0.05) is 12.2 Å². The minimum Gasteiger partial charge on any atom is -0.396 e. The molecular weight excluding hydrogens is 277 g/mol. The normalized spacial score (nSPS) is 21.1. The Labute approximate surface area is 122 Å². The number of hydrogen-bond donors (Lipinski definition) is 2. The van der Waals surface area contributed by atoms with Gasteiger partial charge in [-0.3, -0.25) is 4.79 Å². The van der Waals surface area contributed by atoms with Crippen LogP contribution in [0.3, 0.4) is 0 Å². The molecular formula is C15H18FNO2S. The second-order valence-electron chi connectivity index (χ2n) is 4.88. The summed E-state index contributed by atoms with van der Waals surface area (Å²) in [6.07, 6.45) is 6.41. The van der Waals surface area contributed by atoms with Gasteiger partial charge in [-0.15, -0.1) is 0 Å². The number of benzene rings is 1. The van der Waals surface area contributed by atoms with Gasteiger partial charge in [0.05, 0.1) is 0 Å². The zero-order valence-corrected chi connectivity index (χ0v) is 12.1. The van der Waals surface area contributed by atoms with Gasteiger partial charge in [-0.25, -0.2) is 4.39 Å². The van der Waals surface area contributed by atoms with Crippen molar-refractivity contribution in [2.75, 3.05) is 12.9 Å². The molecule has 1 amide bonds. The lowest BCUT2D eigenvalue weighted by Crippen LogP contribution is -2.33. The van der Waals surface area contributed by atoms with Gasteiger partial charge in [-0.05, 0) is 36.4 Å². The zero-order chi connectivity index (χ0) is 14.5. The van der Waals surface area contributed by atoms with Crippen LogP contribution in [0.15, 0.2) is 30.4 Å². The van der Waals surface area contributed by atoms with Crippen molar-refractivity contribution in [3.8, 4) is 0 Å². The van der Waals surface area contributed by atoms with E-state index in [-0.39, 0.29) is 30.3 Å². The van der Waals surface area contributed by atoms with E-state index in [0.717, 1.165) is 0 Å². The summed E-state index contributed by atoms with van der Waals surface area (Å²) in [5, 5.41) is 11.9. The second-order valence-corrected chi connectivity index (χ2v) is 5.75. The molecule has 1 aliphatic rings. The highest BCUT2D eigenvalue weighted by molar-refractivity contribution is 7.97. The van der Waals surface area contributed by atoms with Crippen LogP contribution in [0.2, 0.25) is 0 Å². The van der Waals surface area contributed by atoms with Crippen molar-refractivity contribution in [1.29, 1.82) is 0 Å². The number of hydrogen-bond acceptors (Lipinski definition) is 3. The Morgan fingerprint density at radius 1 is 1.50 bits per heavy atom. The first kappa shape index (κ1) is 15.1. The number of aliphatic hydroxyl groups is 1. The fourth-order valence-electron chi connectivity index (χ4n) is 2.25. The molecule has 20 heavy (non-hydrogen) atoms. The molecule has 1 aromatic carbocycles. The van der Waals surface area contributed by atoms with Crippen molar-refractivity contribution in [3.05, 3.63) is 47.3 Å². The van der Waals surface area contributed by atoms with Crippen LogP contribution in [-0.4, -0.2) is 29.9 Å². The van der Waals surface area contributed by atoms with Crippen LogP contribution >= 0.6 is 11.8 Å². The van der Waals surface area contributed by atoms with E-state index in [1.165, 1.54) is 23.9 Å². The largest absolute Gasteiger partial charge is 0.396 e. The van der Waals surface area contributed by atoms with Crippen LogP contribution in [0.1, 0.15) is 22.3 Å². The van der Waals surface area contributed by atoms with E-state index in [4.69, 9.17) is 5.11 Å². The fraction of sp³-hybridized carbons (Fsp3) is 0.400. The van der Waals surface area contributed by atoms with Crippen molar-refractivity contribution in [2.45, 2.75) is 18.2 Å². The fourth-order valence-corrected chi connectivity index (χ4v) is 2.78. The predicted molar refractivity (Wildman–Crippen MR) is 79.2 cm³/mol. The minimum absolute atomic E-state index is 0.0614. The molecule has 5 heteroatoms. The van der Waals surface area contributed by atoms with Crippen molar-refractivity contribution in [1.82, 2.24) is 5.32 Å². The van der Waals surface area contributed by atoms with Gasteiger partial charge in [0.25, 0.3) is 5.91 Å². The Morgan fingerprint density at radius 3 is 2.95 bits per heavy atom. The summed E-state index contributed by atoms with van der Waals surface area (Å²) in [6.45, 7) is 0.0945. The summed E-state index contributed by atoms with van der Waals surface area (Å²) in [5.41, 5.74) is 1.01. The van der Waals surface area contributed by atoms with Gasteiger partial charge in [0.15, 0.2) is 0 Å². The number of nitrogens with one attached hydrogen (secondary N) is 1. The Morgan fingerprint density at radius 2 is 2.30 bits per heavy atom. The van der Waals surface area contributed by atoms with Gasteiger partial charge in [-0.2, -0.15) is 11.8 Å². The molecule has 0 saturated heterocycles. The maximum absolute atomic E-state index is 13.5. The monoisotopic (exact) mass is 295 g/mol. The van der Waals surface area contributed by atoms with Crippen LogP contribution < -0.4 is 5.32 Å². The van der Waals surface area contributed by atoms with Crippen LogP contribution in [0.25, 0.3) is 0 Å². The molecule has 3 nitrogen and oxygen atoms in total. The number of halogens is 1. The quantitative estimate of drug-likeness (QED) is 0.820. The third kappa shape index (κ3) is 3.61. The Balaban J connectivity index is 2.02.